The maximum Gasteiger partial charge on any atom is 0.258 e. The number of nitrogens with one attached hydrogen (secondary N) is 3. The van der Waals surface area contributed by atoms with Crippen molar-refractivity contribution in [3.05, 3.63) is 47.2 Å². The van der Waals surface area contributed by atoms with Crippen molar-refractivity contribution in [2.75, 3.05) is 6.54 Å². The van der Waals surface area contributed by atoms with Gasteiger partial charge in [0.15, 0.2) is 0 Å². The number of nitrogens with zero attached hydrogens (tertiary/aromatic N) is 2. The van der Waals surface area contributed by atoms with E-state index in [1.165, 1.54) is 10.6 Å². The van der Waals surface area contributed by atoms with Gasteiger partial charge in [-0.2, -0.15) is 0 Å². The summed E-state index contributed by atoms with van der Waals surface area (Å²) in [5, 5.41) is 19.4. The Morgan fingerprint density at radius 1 is 1.24 bits per heavy atom. The largest absolute Gasteiger partial charge is 0.378 e. The van der Waals surface area contributed by atoms with Gasteiger partial charge in [0.05, 0.1) is 11.6 Å². The molecule has 0 aliphatic carbocycles. The van der Waals surface area contributed by atoms with Crippen molar-refractivity contribution in [3.8, 4) is 0 Å². The number of rotatable bonds is 11. The van der Waals surface area contributed by atoms with Crippen LogP contribution in [0.5, 0.6) is 0 Å². The molecule has 10 heteroatoms. The first-order valence-corrected chi connectivity index (χ1v) is 14.4. The number of hydrazine groups is 1. The zero-order valence-electron chi connectivity index (χ0n) is 25.3. The summed E-state index contributed by atoms with van der Waals surface area (Å²) in [4.78, 5) is 42.5. The molecule has 3 rings (SSSR count). The predicted molar refractivity (Wildman–Crippen MR) is 161 cm³/mol. The average molecular weight is 567 g/mol. The molecule has 10 nitrogen and oxygen atoms in total. The lowest BCUT2D eigenvalue weighted by atomic mass is 9.88. The van der Waals surface area contributed by atoms with Crippen LogP contribution in [0.2, 0.25) is 0 Å². The maximum absolute atomic E-state index is 13.2. The van der Waals surface area contributed by atoms with Gasteiger partial charge in [-0.05, 0) is 62.3 Å². The van der Waals surface area contributed by atoms with Crippen LogP contribution in [0.25, 0.3) is 17.0 Å². The summed E-state index contributed by atoms with van der Waals surface area (Å²) >= 11 is 0. The molecular weight excluding hydrogens is 520 g/mol. The number of fused-ring (bicyclic) bond motifs is 1. The van der Waals surface area contributed by atoms with Crippen LogP contribution in [-0.4, -0.2) is 63.7 Å². The smallest absolute Gasteiger partial charge is 0.258 e. The minimum Gasteiger partial charge on any atom is -0.378 e. The van der Waals surface area contributed by atoms with Crippen molar-refractivity contribution in [2.24, 2.45) is 17.1 Å². The van der Waals surface area contributed by atoms with E-state index in [4.69, 9.17) is 10.7 Å². The summed E-state index contributed by atoms with van der Waals surface area (Å²) in [5.41, 5.74) is 11.7. The number of benzene rings is 1. The number of hydrogen-bond donors (Lipinski definition) is 5. The van der Waals surface area contributed by atoms with E-state index < -0.39 is 41.6 Å². The number of aryl methyl sites for hydroxylation is 2. The van der Waals surface area contributed by atoms with E-state index in [2.05, 4.69) is 36.0 Å². The van der Waals surface area contributed by atoms with Crippen molar-refractivity contribution >= 4 is 34.7 Å². The van der Waals surface area contributed by atoms with Crippen LogP contribution in [0.4, 0.5) is 0 Å². The molecule has 0 saturated carbocycles. The van der Waals surface area contributed by atoms with E-state index in [0.717, 1.165) is 28.6 Å². The number of hydrogen-bond acceptors (Lipinski definition) is 7. The number of aromatic nitrogens is 1. The molecule has 1 aromatic carbocycles. The Morgan fingerprint density at radius 3 is 2.59 bits per heavy atom. The zero-order valence-corrected chi connectivity index (χ0v) is 25.3. The molecule has 1 aliphatic heterocycles. The Balaban J connectivity index is 1.66. The van der Waals surface area contributed by atoms with Gasteiger partial charge in [-0.25, -0.2) is 5.43 Å². The molecular formula is C31H46N6O4. The van der Waals surface area contributed by atoms with E-state index in [1.807, 2.05) is 58.0 Å². The molecule has 2 aromatic rings. The van der Waals surface area contributed by atoms with E-state index in [9.17, 15) is 19.5 Å². The second kappa shape index (κ2) is 13.5. The first-order chi connectivity index (χ1) is 19.2. The van der Waals surface area contributed by atoms with Gasteiger partial charge in [0.1, 0.15) is 18.3 Å². The van der Waals surface area contributed by atoms with Gasteiger partial charge in [0.2, 0.25) is 11.8 Å². The van der Waals surface area contributed by atoms with Crippen LogP contribution in [0.3, 0.4) is 0 Å². The number of nitrogens with two attached hydrogens (primary N) is 1. The molecule has 2 heterocycles. The Kier molecular flexibility index (Phi) is 10.6. The lowest BCUT2D eigenvalue weighted by Crippen LogP contribution is -2.62. The molecule has 3 amide bonds. The minimum atomic E-state index is -1.05. The van der Waals surface area contributed by atoms with Gasteiger partial charge < -0.3 is 16.2 Å². The number of aliphatic hydroxyl groups excluding tert-OH is 1. The maximum atomic E-state index is 13.2. The van der Waals surface area contributed by atoms with Crippen molar-refractivity contribution in [3.63, 3.8) is 0 Å². The average Bonchev–Trinajstić information content (AvgIpc) is 2.93. The second-order valence-corrected chi connectivity index (χ2v) is 11.9. The van der Waals surface area contributed by atoms with Gasteiger partial charge in [0.25, 0.3) is 5.91 Å². The molecule has 4 atom stereocenters. The number of aliphatic hydroxyl groups is 1. The molecule has 0 radical (unpaired) electrons. The molecule has 4 unspecified atom stereocenters. The zero-order chi connectivity index (χ0) is 30.5. The third-order valence-electron chi connectivity index (χ3n) is 7.69. The molecule has 6 N–H and O–H groups in total. The highest BCUT2D eigenvalue weighted by Crippen LogP contribution is 2.25. The number of pyridine rings is 1. The summed E-state index contributed by atoms with van der Waals surface area (Å²) in [5.74, 6) is -1.44. The highest BCUT2D eigenvalue weighted by molar-refractivity contribution is 5.90. The molecule has 224 valence electrons. The highest BCUT2D eigenvalue weighted by Gasteiger charge is 2.34. The fraction of sp³-hybridized carbons (Fsp3) is 0.548. The Bertz CT molecular complexity index is 1290. The Morgan fingerprint density at radius 2 is 1.95 bits per heavy atom. The van der Waals surface area contributed by atoms with E-state index in [0.29, 0.717) is 19.4 Å². The lowest BCUT2D eigenvalue weighted by Gasteiger charge is -2.35. The van der Waals surface area contributed by atoms with Gasteiger partial charge in [0, 0.05) is 23.0 Å². The van der Waals surface area contributed by atoms with Crippen LogP contribution >= 0.6 is 0 Å². The highest BCUT2D eigenvalue weighted by atomic mass is 16.3. The fourth-order valence-electron chi connectivity index (χ4n) is 4.90. The number of primary amides is 1. The van der Waals surface area contributed by atoms with Crippen LogP contribution in [-0.2, 0) is 20.8 Å². The summed E-state index contributed by atoms with van der Waals surface area (Å²) in [6.07, 6.45) is 4.88. The monoisotopic (exact) mass is 566 g/mol. The molecule has 1 aromatic heterocycles. The molecule has 0 spiro atoms. The fourth-order valence-corrected chi connectivity index (χ4v) is 4.90. The topological polar surface area (TPSA) is 150 Å². The van der Waals surface area contributed by atoms with Crippen molar-refractivity contribution in [1.82, 2.24) is 26.1 Å². The van der Waals surface area contributed by atoms with Crippen molar-refractivity contribution < 1.29 is 19.5 Å². The standard InChI is InChI=1S/C31H46N6O4/c1-8-23-19(4)16-22-12-11-21(17-25(22)34-23)13-14-31(6,7)30(41)35-26(18(2)3)28(39)33-20(5)29(40)37-15-9-10-24(36-37)27(32)38/h11-14,16-18,20,24,26,30,35-36,41H,8-10,15H2,1-7H3,(H2,32,38)(H,33,39). The van der Waals surface area contributed by atoms with Gasteiger partial charge in [-0.3, -0.25) is 29.7 Å². The molecule has 41 heavy (non-hydrogen) atoms. The quantitative estimate of drug-likeness (QED) is 0.262. The third kappa shape index (κ3) is 8.12. The van der Waals surface area contributed by atoms with E-state index >= 15 is 0 Å². The summed E-state index contributed by atoms with van der Waals surface area (Å²) in [6, 6.07) is 6.05. The first kappa shape index (κ1) is 32.2. The summed E-state index contributed by atoms with van der Waals surface area (Å²) < 4.78 is 0. The van der Waals surface area contributed by atoms with Gasteiger partial charge in [-0.15, -0.1) is 0 Å². The van der Waals surface area contributed by atoms with Crippen LogP contribution in [0.15, 0.2) is 30.3 Å². The normalized spacial score (nSPS) is 18.5. The SMILES string of the molecule is CCc1nc2cc(C=CC(C)(C)C(O)NC(C(=O)NC(C)C(=O)N3CCCC(C(N)=O)N3)C(C)C)ccc2cc1C. The number of carbonyl (C=O) groups excluding carboxylic acids is 3. The van der Waals surface area contributed by atoms with Gasteiger partial charge in [-0.1, -0.05) is 58.9 Å². The van der Waals surface area contributed by atoms with Crippen molar-refractivity contribution in [2.45, 2.75) is 92.1 Å². The predicted octanol–water partition coefficient (Wildman–Crippen LogP) is 2.56. The number of amides is 3. The van der Waals surface area contributed by atoms with Crippen molar-refractivity contribution in [1.29, 1.82) is 0 Å². The molecule has 1 fully saturated rings. The minimum absolute atomic E-state index is 0.165. The number of carbonyl (C=O) groups is 3. The molecule has 1 saturated heterocycles. The van der Waals surface area contributed by atoms with E-state index in [-0.39, 0.29) is 11.8 Å². The molecule has 0 bridgehead atoms. The summed E-state index contributed by atoms with van der Waals surface area (Å²) in [7, 11) is 0. The lowest BCUT2D eigenvalue weighted by molar-refractivity contribution is -0.143. The Hall–Kier alpha value is -3.34. The first-order valence-electron chi connectivity index (χ1n) is 14.4. The second-order valence-electron chi connectivity index (χ2n) is 11.9. The third-order valence-corrected chi connectivity index (χ3v) is 7.69. The van der Waals surface area contributed by atoms with E-state index in [1.54, 1.807) is 6.92 Å². The summed E-state index contributed by atoms with van der Waals surface area (Å²) in [6.45, 7) is 13.7. The Labute approximate surface area is 243 Å². The molecule has 1 aliphatic rings. The van der Waals surface area contributed by atoms with Crippen LogP contribution in [0.1, 0.15) is 71.2 Å². The van der Waals surface area contributed by atoms with Crippen LogP contribution < -0.4 is 21.8 Å². The van der Waals surface area contributed by atoms with Crippen LogP contribution in [0, 0.1) is 18.3 Å². The van der Waals surface area contributed by atoms with Gasteiger partial charge >= 0.3 is 0 Å².